The number of carbonyl (C=O) groups is 1. The van der Waals surface area contributed by atoms with Crippen molar-refractivity contribution in [1.29, 1.82) is 0 Å². The molecule has 3 aromatic rings. The molecule has 0 aliphatic heterocycles. The fraction of sp³-hybridized carbons (Fsp3) is 0.261. The van der Waals surface area contributed by atoms with E-state index in [9.17, 15) is 4.79 Å². The summed E-state index contributed by atoms with van der Waals surface area (Å²) < 4.78 is 0. The molecule has 3 heteroatoms. The van der Waals surface area contributed by atoms with Crippen molar-refractivity contribution in [2.45, 2.75) is 39.7 Å². The lowest BCUT2D eigenvalue weighted by atomic mass is 9.92. The van der Waals surface area contributed by atoms with Gasteiger partial charge >= 0.3 is 0 Å². The Labute approximate surface area is 154 Å². The number of aromatic amines is 1. The van der Waals surface area contributed by atoms with Gasteiger partial charge in [-0.3, -0.25) is 4.79 Å². The van der Waals surface area contributed by atoms with E-state index < -0.39 is 0 Å². The number of carbonyl (C=O) groups excluding carboxylic acids is 1. The molecule has 2 N–H and O–H groups in total. The highest BCUT2D eigenvalue weighted by molar-refractivity contribution is 5.98. The number of H-pyrrole nitrogens is 1. The van der Waals surface area contributed by atoms with Crippen molar-refractivity contribution in [2.75, 3.05) is 0 Å². The fourth-order valence-electron chi connectivity index (χ4n) is 3.43. The minimum atomic E-state index is 0.0470. The lowest BCUT2D eigenvalue weighted by Gasteiger charge is -2.12. The van der Waals surface area contributed by atoms with Crippen LogP contribution in [0.15, 0.2) is 48.2 Å². The third-order valence-electron chi connectivity index (χ3n) is 5.14. The van der Waals surface area contributed by atoms with Gasteiger partial charge in [-0.25, -0.2) is 0 Å². The van der Waals surface area contributed by atoms with Gasteiger partial charge < -0.3 is 10.3 Å². The smallest absolute Gasteiger partial charge is 0.247 e. The zero-order valence-corrected chi connectivity index (χ0v) is 15.5. The van der Waals surface area contributed by atoms with E-state index in [0.717, 1.165) is 29.5 Å². The third kappa shape index (κ3) is 3.17. The van der Waals surface area contributed by atoms with Crippen LogP contribution in [0.25, 0.3) is 28.1 Å². The Morgan fingerprint density at radius 1 is 1.12 bits per heavy atom. The van der Waals surface area contributed by atoms with Crippen molar-refractivity contribution in [3.05, 3.63) is 64.9 Å². The molecule has 0 bridgehead atoms. The molecule has 132 valence electrons. The first-order valence-corrected chi connectivity index (χ1v) is 9.20. The lowest BCUT2D eigenvalue weighted by Crippen LogP contribution is -2.25. The maximum absolute atomic E-state index is 12.2. The van der Waals surface area contributed by atoms with Crippen molar-refractivity contribution in [3.63, 3.8) is 0 Å². The highest BCUT2D eigenvalue weighted by Gasteiger charge is 2.23. The molecule has 0 atom stereocenters. The first-order valence-electron chi connectivity index (χ1n) is 9.20. The SMILES string of the molecule is CC(=Cc1cc(C)c(-c2cccc3[nH]ccc23)cc1C)C(=O)NC1CC1. The number of rotatable bonds is 4. The Morgan fingerprint density at radius 3 is 2.69 bits per heavy atom. The molecule has 1 heterocycles. The summed E-state index contributed by atoms with van der Waals surface area (Å²) in [6, 6.07) is 13.3. The van der Waals surface area contributed by atoms with E-state index >= 15 is 0 Å². The second-order valence-electron chi connectivity index (χ2n) is 7.34. The number of aromatic nitrogens is 1. The summed E-state index contributed by atoms with van der Waals surface area (Å²) in [7, 11) is 0. The summed E-state index contributed by atoms with van der Waals surface area (Å²) in [6.07, 6.45) is 6.20. The van der Waals surface area contributed by atoms with Crippen LogP contribution in [0.5, 0.6) is 0 Å². The van der Waals surface area contributed by atoms with Crippen LogP contribution in [0.4, 0.5) is 0 Å². The summed E-state index contributed by atoms with van der Waals surface area (Å²) in [5.74, 6) is 0.0470. The fourth-order valence-corrected chi connectivity index (χ4v) is 3.43. The monoisotopic (exact) mass is 344 g/mol. The molecule has 2 aromatic carbocycles. The second kappa shape index (κ2) is 6.49. The summed E-state index contributed by atoms with van der Waals surface area (Å²) >= 11 is 0. The zero-order chi connectivity index (χ0) is 18.3. The van der Waals surface area contributed by atoms with Gasteiger partial charge in [0.15, 0.2) is 0 Å². The van der Waals surface area contributed by atoms with Gasteiger partial charge in [0, 0.05) is 28.7 Å². The molecular formula is C23H24N2O. The van der Waals surface area contributed by atoms with Gasteiger partial charge in [0.05, 0.1) is 0 Å². The van der Waals surface area contributed by atoms with E-state index in [1.54, 1.807) is 0 Å². The number of hydrogen-bond acceptors (Lipinski definition) is 1. The highest BCUT2D eigenvalue weighted by Crippen LogP contribution is 2.32. The molecular weight excluding hydrogens is 320 g/mol. The minimum Gasteiger partial charge on any atom is -0.361 e. The second-order valence-corrected chi connectivity index (χ2v) is 7.34. The van der Waals surface area contributed by atoms with Crippen LogP contribution < -0.4 is 5.32 Å². The van der Waals surface area contributed by atoms with Crippen molar-refractivity contribution < 1.29 is 4.79 Å². The maximum atomic E-state index is 12.2. The molecule has 3 nitrogen and oxygen atoms in total. The van der Waals surface area contributed by atoms with Gasteiger partial charge in [-0.2, -0.15) is 0 Å². The van der Waals surface area contributed by atoms with Crippen molar-refractivity contribution in [3.8, 4) is 11.1 Å². The summed E-state index contributed by atoms with van der Waals surface area (Å²) in [4.78, 5) is 15.5. The summed E-state index contributed by atoms with van der Waals surface area (Å²) in [5.41, 5.74) is 7.89. The number of fused-ring (bicyclic) bond motifs is 1. The average molecular weight is 344 g/mol. The summed E-state index contributed by atoms with van der Waals surface area (Å²) in [6.45, 7) is 6.14. The van der Waals surface area contributed by atoms with Gasteiger partial charge in [0.2, 0.25) is 5.91 Å². The number of hydrogen-bond donors (Lipinski definition) is 2. The number of aryl methyl sites for hydroxylation is 2. The molecule has 0 saturated heterocycles. The molecule has 1 amide bonds. The van der Waals surface area contributed by atoms with Gasteiger partial charge in [0.1, 0.15) is 0 Å². The van der Waals surface area contributed by atoms with E-state index in [0.29, 0.717) is 6.04 Å². The normalized spacial score (nSPS) is 14.7. The van der Waals surface area contributed by atoms with Crippen molar-refractivity contribution in [1.82, 2.24) is 10.3 Å². The lowest BCUT2D eigenvalue weighted by molar-refractivity contribution is -0.117. The van der Waals surface area contributed by atoms with E-state index in [1.165, 1.54) is 27.6 Å². The Bertz CT molecular complexity index is 1020. The standard InChI is InChI=1S/C23H24N2O/c1-14-13-21(19-5-4-6-22-20(19)9-10-24-22)15(2)11-17(14)12-16(3)23(26)25-18-7-8-18/h4-6,9-13,18,24H,7-8H2,1-3H3,(H,25,26). The van der Waals surface area contributed by atoms with E-state index in [2.05, 4.69) is 60.5 Å². The van der Waals surface area contributed by atoms with Gasteiger partial charge in [-0.05, 0) is 79.6 Å². The van der Waals surface area contributed by atoms with E-state index in [4.69, 9.17) is 0 Å². The maximum Gasteiger partial charge on any atom is 0.247 e. The minimum absolute atomic E-state index is 0.0470. The molecule has 0 unspecified atom stereocenters. The highest BCUT2D eigenvalue weighted by atomic mass is 16.1. The van der Waals surface area contributed by atoms with Crippen LogP contribution in [-0.4, -0.2) is 16.9 Å². The average Bonchev–Trinajstić information content (AvgIpc) is 3.29. The first kappa shape index (κ1) is 16.6. The van der Waals surface area contributed by atoms with Crippen molar-refractivity contribution >= 4 is 22.9 Å². The third-order valence-corrected chi connectivity index (χ3v) is 5.14. The molecule has 1 aliphatic rings. The largest absolute Gasteiger partial charge is 0.361 e. The van der Waals surface area contributed by atoms with Crippen molar-refractivity contribution in [2.24, 2.45) is 0 Å². The molecule has 1 aliphatic carbocycles. The van der Waals surface area contributed by atoms with Gasteiger partial charge in [0.25, 0.3) is 0 Å². The van der Waals surface area contributed by atoms with Crippen LogP contribution >= 0.6 is 0 Å². The molecule has 4 rings (SSSR count). The summed E-state index contributed by atoms with van der Waals surface area (Å²) in [5, 5.41) is 4.29. The van der Waals surface area contributed by atoms with Crippen LogP contribution in [0.1, 0.15) is 36.5 Å². The van der Waals surface area contributed by atoms with Gasteiger partial charge in [-0.15, -0.1) is 0 Å². The number of nitrogens with one attached hydrogen (secondary N) is 2. The quantitative estimate of drug-likeness (QED) is 0.633. The van der Waals surface area contributed by atoms with E-state index in [1.807, 2.05) is 19.2 Å². The van der Waals surface area contributed by atoms with Crippen LogP contribution in [0.3, 0.4) is 0 Å². The van der Waals surface area contributed by atoms with Crippen LogP contribution in [-0.2, 0) is 4.79 Å². The van der Waals surface area contributed by atoms with Gasteiger partial charge in [-0.1, -0.05) is 24.3 Å². The Balaban J connectivity index is 1.71. The van der Waals surface area contributed by atoms with Crippen LogP contribution in [0.2, 0.25) is 0 Å². The molecule has 1 saturated carbocycles. The molecule has 1 aromatic heterocycles. The predicted molar refractivity (Wildman–Crippen MR) is 108 cm³/mol. The Hall–Kier alpha value is -2.81. The number of amides is 1. The number of benzene rings is 2. The Morgan fingerprint density at radius 2 is 1.92 bits per heavy atom. The first-order chi connectivity index (χ1) is 12.5. The Kier molecular flexibility index (Phi) is 4.15. The molecule has 1 fully saturated rings. The van der Waals surface area contributed by atoms with E-state index in [-0.39, 0.29) is 5.91 Å². The zero-order valence-electron chi connectivity index (χ0n) is 15.5. The molecule has 0 radical (unpaired) electrons. The topological polar surface area (TPSA) is 44.9 Å². The predicted octanol–water partition coefficient (Wildman–Crippen LogP) is 5.13. The van der Waals surface area contributed by atoms with Crippen LogP contribution in [0, 0.1) is 13.8 Å². The molecule has 26 heavy (non-hydrogen) atoms. The molecule has 0 spiro atoms.